The Morgan fingerprint density at radius 3 is 3.00 bits per heavy atom. The Morgan fingerprint density at radius 2 is 2.12 bits per heavy atom. The van der Waals surface area contributed by atoms with Crippen molar-refractivity contribution in [3.8, 4) is 5.19 Å². The van der Waals surface area contributed by atoms with Gasteiger partial charge in [0, 0.05) is 11.6 Å². The van der Waals surface area contributed by atoms with E-state index in [4.69, 9.17) is 4.84 Å². The Labute approximate surface area is 102 Å². The second-order valence-electron chi connectivity index (χ2n) is 3.57. The van der Waals surface area contributed by atoms with Crippen molar-refractivity contribution < 1.29 is 4.84 Å². The van der Waals surface area contributed by atoms with Crippen molar-refractivity contribution in [2.75, 3.05) is 0 Å². The molecule has 84 valence electrons. The van der Waals surface area contributed by atoms with E-state index < -0.39 is 0 Å². The average molecular weight is 242 g/mol. The highest BCUT2D eigenvalue weighted by atomic mass is 32.1. The van der Waals surface area contributed by atoms with E-state index in [1.54, 1.807) is 6.21 Å². The van der Waals surface area contributed by atoms with E-state index in [-0.39, 0.29) is 0 Å². The SMILES string of the molecule is C/C=N/Oc1nc2ccc3ccccc3c2s1. The minimum absolute atomic E-state index is 0.578. The van der Waals surface area contributed by atoms with Crippen molar-refractivity contribution in [2.45, 2.75) is 6.92 Å². The molecule has 0 N–H and O–H groups in total. The fourth-order valence-corrected chi connectivity index (χ4v) is 2.69. The van der Waals surface area contributed by atoms with Gasteiger partial charge in [0.25, 0.3) is 0 Å². The van der Waals surface area contributed by atoms with Gasteiger partial charge >= 0.3 is 5.19 Å². The highest BCUT2D eigenvalue weighted by Gasteiger charge is 2.07. The van der Waals surface area contributed by atoms with Crippen LogP contribution >= 0.6 is 11.3 Å². The van der Waals surface area contributed by atoms with Gasteiger partial charge in [-0.3, -0.25) is 0 Å². The molecule has 0 saturated carbocycles. The normalized spacial score (nSPS) is 11.6. The van der Waals surface area contributed by atoms with E-state index in [1.807, 2.05) is 25.1 Å². The summed E-state index contributed by atoms with van der Waals surface area (Å²) >= 11 is 1.52. The Hall–Kier alpha value is -1.94. The van der Waals surface area contributed by atoms with Crippen molar-refractivity contribution in [1.29, 1.82) is 0 Å². The van der Waals surface area contributed by atoms with Crippen LogP contribution in [0, 0.1) is 0 Å². The average Bonchev–Trinajstić information content (AvgIpc) is 2.79. The smallest absolute Gasteiger partial charge is 0.306 e. The van der Waals surface area contributed by atoms with Crippen LogP contribution in [0.5, 0.6) is 5.19 Å². The van der Waals surface area contributed by atoms with Gasteiger partial charge < -0.3 is 4.84 Å². The lowest BCUT2D eigenvalue weighted by molar-refractivity contribution is 0.342. The van der Waals surface area contributed by atoms with Crippen molar-refractivity contribution in [1.82, 2.24) is 4.98 Å². The van der Waals surface area contributed by atoms with Crippen LogP contribution in [-0.4, -0.2) is 11.2 Å². The summed E-state index contributed by atoms with van der Waals surface area (Å²) < 4.78 is 1.14. The summed E-state index contributed by atoms with van der Waals surface area (Å²) in [6, 6.07) is 12.4. The van der Waals surface area contributed by atoms with Crippen LogP contribution in [0.1, 0.15) is 6.92 Å². The van der Waals surface area contributed by atoms with Gasteiger partial charge in [0.15, 0.2) is 0 Å². The van der Waals surface area contributed by atoms with Gasteiger partial charge in [-0.25, -0.2) is 4.98 Å². The second kappa shape index (κ2) is 4.14. The van der Waals surface area contributed by atoms with E-state index in [0.29, 0.717) is 5.19 Å². The van der Waals surface area contributed by atoms with Crippen LogP contribution in [0.25, 0.3) is 21.0 Å². The molecular formula is C13H10N2OS. The third-order valence-electron chi connectivity index (χ3n) is 2.50. The lowest BCUT2D eigenvalue weighted by atomic mass is 10.1. The van der Waals surface area contributed by atoms with Crippen LogP contribution in [0.15, 0.2) is 41.6 Å². The zero-order valence-corrected chi connectivity index (χ0v) is 10.1. The largest absolute Gasteiger partial charge is 0.325 e. The Morgan fingerprint density at radius 1 is 1.24 bits per heavy atom. The number of rotatable bonds is 2. The zero-order chi connectivity index (χ0) is 11.7. The summed E-state index contributed by atoms with van der Waals surface area (Å²) in [6.07, 6.45) is 1.60. The predicted molar refractivity (Wildman–Crippen MR) is 71.9 cm³/mol. The van der Waals surface area contributed by atoms with Crippen LogP contribution in [0.2, 0.25) is 0 Å². The quantitative estimate of drug-likeness (QED) is 0.505. The topological polar surface area (TPSA) is 34.5 Å². The van der Waals surface area contributed by atoms with E-state index in [0.717, 1.165) is 10.2 Å². The van der Waals surface area contributed by atoms with Crippen molar-refractivity contribution >= 4 is 38.5 Å². The van der Waals surface area contributed by atoms with Gasteiger partial charge in [0.05, 0.1) is 10.2 Å². The molecule has 0 radical (unpaired) electrons. The summed E-state index contributed by atoms with van der Waals surface area (Å²) in [4.78, 5) is 9.55. The molecule has 1 heterocycles. The molecule has 0 aliphatic heterocycles. The minimum atomic E-state index is 0.578. The van der Waals surface area contributed by atoms with Crippen molar-refractivity contribution in [2.24, 2.45) is 5.16 Å². The highest BCUT2D eigenvalue weighted by molar-refractivity contribution is 7.21. The molecule has 0 aliphatic rings. The van der Waals surface area contributed by atoms with Gasteiger partial charge in [-0.2, -0.15) is 0 Å². The van der Waals surface area contributed by atoms with Crippen LogP contribution in [-0.2, 0) is 0 Å². The Bertz CT molecular complexity index is 703. The van der Waals surface area contributed by atoms with Gasteiger partial charge in [-0.05, 0) is 18.4 Å². The Balaban J connectivity index is 2.24. The summed E-state index contributed by atoms with van der Waals surface area (Å²) in [5, 5.41) is 6.74. The first-order valence-electron chi connectivity index (χ1n) is 5.32. The lowest BCUT2D eigenvalue weighted by Crippen LogP contribution is -1.79. The predicted octanol–water partition coefficient (Wildman–Crippen LogP) is 3.83. The molecule has 0 atom stereocenters. The monoisotopic (exact) mass is 242 g/mol. The molecule has 0 spiro atoms. The van der Waals surface area contributed by atoms with E-state index in [2.05, 4.69) is 28.3 Å². The van der Waals surface area contributed by atoms with Gasteiger partial charge in [0.1, 0.15) is 0 Å². The number of hydrogen-bond donors (Lipinski definition) is 0. The maximum atomic E-state index is 5.17. The molecular weight excluding hydrogens is 232 g/mol. The molecule has 2 aromatic carbocycles. The van der Waals surface area contributed by atoms with E-state index >= 15 is 0 Å². The molecule has 0 bridgehead atoms. The first-order valence-corrected chi connectivity index (χ1v) is 6.13. The molecule has 0 saturated heterocycles. The van der Waals surface area contributed by atoms with Gasteiger partial charge in [-0.15, -0.1) is 0 Å². The van der Waals surface area contributed by atoms with Crippen molar-refractivity contribution in [3.05, 3.63) is 36.4 Å². The molecule has 3 nitrogen and oxygen atoms in total. The third-order valence-corrected chi connectivity index (χ3v) is 3.47. The second-order valence-corrected chi connectivity index (χ2v) is 4.53. The molecule has 3 rings (SSSR count). The van der Waals surface area contributed by atoms with Gasteiger partial charge in [-0.1, -0.05) is 46.8 Å². The van der Waals surface area contributed by atoms with E-state index in [9.17, 15) is 0 Å². The molecule has 0 amide bonds. The number of thiazole rings is 1. The molecule has 0 aliphatic carbocycles. The number of fused-ring (bicyclic) bond motifs is 3. The zero-order valence-electron chi connectivity index (χ0n) is 9.25. The van der Waals surface area contributed by atoms with Crippen LogP contribution in [0.3, 0.4) is 0 Å². The first-order chi connectivity index (χ1) is 8.38. The molecule has 1 aromatic heterocycles. The maximum absolute atomic E-state index is 5.17. The van der Waals surface area contributed by atoms with Crippen LogP contribution < -0.4 is 4.84 Å². The minimum Gasteiger partial charge on any atom is -0.325 e. The fraction of sp³-hybridized carbons (Fsp3) is 0.0769. The third kappa shape index (κ3) is 1.76. The summed E-state index contributed by atoms with van der Waals surface area (Å²) in [7, 11) is 0. The number of benzene rings is 2. The fourth-order valence-electron chi connectivity index (χ4n) is 1.77. The van der Waals surface area contributed by atoms with Gasteiger partial charge in [0.2, 0.25) is 0 Å². The van der Waals surface area contributed by atoms with Crippen LogP contribution in [0.4, 0.5) is 0 Å². The number of oxime groups is 1. The first kappa shape index (κ1) is 10.2. The number of hydrogen-bond acceptors (Lipinski definition) is 4. The molecule has 0 unspecified atom stereocenters. The number of aromatic nitrogens is 1. The maximum Gasteiger partial charge on any atom is 0.306 e. The lowest BCUT2D eigenvalue weighted by Gasteiger charge is -1.96. The van der Waals surface area contributed by atoms with Crippen molar-refractivity contribution in [3.63, 3.8) is 0 Å². The number of nitrogens with zero attached hydrogens (tertiary/aromatic N) is 2. The summed E-state index contributed by atoms with van der Waals surface area (Å²) in [5.74, 6) is 0. The summed E-state index contributed by atoms with van der Waals surface area (Å²) in [6.45, 7) is 1.81. The highest BCUT2D eigenvalue weighted by Crippen LogP contribution is 2.33. The standard InChI is InChI=1S/C13H10N2OS/c1-2-14-16-13-15-11-8-7-9-5-3-4-6-10(9)12(11)17-13/h2-8H,1H3/b14-2+. The molecule has 17 heavy (non-hydrogen) atoms. The summed E-state index contributed by atoms with van der Waals surface area (Å²) in [5.41, 5.74) is 0.954. The molecule has 3 aromatic rings. The molecule has 0 fully saturated rings. The Kier molecular flexibility index (Phi) is 2.49. The molecule has 4 heteroatoms. The van der Waals surface area contributed by atoms with E-state index in [1.165, 1.54) is 22.1 Å².